The Hall–Kier alpha value is -4.03. The average Bonchev–Trinajstić information content (AvgIpc) is 3.35. The first-order valence-electron chi connectivity index (χ1n) is 9.32. The van der Waals surface area contributed by atoms with Crippen molar-refractivity contribution in [3.8, 4) is 0 Å². The molecule has 4 rings (SSSR count). The molecule has 172 valence electrons. The van der Waals surface area contributed by atoms with Crippen LogP contribution in [0.5, 0.6) is 0 Å². The molecule has 0 spiro atoms. The van der Waals surface area contributed by atoms with Crippen LogP contribution in [0.25, 0.3) is 5.65 Å². The molecule has 1 amide bonds. The maximum atomic E-state index is 12.9. The molecule has 0 aliphatic rings. The van der Waals surface area contributed by atoms with Gasteiger partial charge in [-0.05, 0) is 42.5 Å². The van der Waals surface area contributed by atoms with Crippen LogP contribution in [0.3, 0.4) is 0 Å². The molecule has 33 heavy (non-hydrogen) atoms. The Bertz CT molecular complexity index is 1290. The molecule has 3 heterocycles. The first-order chi connectivity index (χ1) is 15.5. The summed E-state index contributed by atoms with van der Waals surface area (Å²) in [5.41, 5.74) is -0.400. The van der Waals surface area contributed by atoms with Crippen LogP contribution < -0.4 is 10.6 Å². The van der Waals surface area contributed by atoms with Gasteiger partial charge in [-0.2, -0.15) is 31.4 Å². The van der Waals surface area contributed by atoms with Crippen molar-refractivity contribution in [1.82, 2.24) is 19.2 Å². The van der Waals surface area contributed by atoms with Crippen molar-refractivity contribution in [1.29, 1.82) is 0 Å². The first kappa shape index (κ1) is 22.2. The predicted molar refractivity (Wildman–Crippen MR) is 106 cm³/mol. The monoisotopic (exact) mass is 468 g/mol. The van der Waals surface area contributed by atoms with E-state index in [-0.39, 0.29) is 11.3 Å². The van der Waals surface area contributed by atoms with E-state index in [0.717, 1.165) is 18.5 Å². The van der Waals surface area contributed by atoms with E-state index >= 15 is 0 Å². The van der Waals surface area contributed by atoms with Gasteiger partial charge in [-0.25, -0.2) is 4.98 Å². The molecule has 0 saturated heterocycles. The smallest absolute Gasteiger partial charge is 0.341 e. The van der Waals surface area contributed by atoms with Crippen molar-refractivity contribution in [2.24, 2.45) is 0 Å². The maximum Gasteiger partial charge on any atom is 0.434 e. The average molecular weight is 468 g/mol. The van der Waals surface area contributed by atoms with Crippen molar-refractivity contribution in [2.75, 3.05) is 10.6 Å². The fraction of sp³-hybridized carbons (Fsp3) is 0.150. The van der Waals surface area contributed by atoms with Crippen molar-refractivity contribution in [2.45, 2.75) is 18.9 Å². The number of halogens is 6. The Morgan fingerprint density at radius 2 is 1.64 bits per heavy atom. The van der Waals surface area contributed by atoms with Gasteiger partial charge < -0.3 is 10.6 Å². The van der Waals surface area contributed by atoms with Gasteiger partial charge in [0, 0.05) is 23.8 Å². The Kier molecular flexibility index (Phi) is 5.47. The summed E-state index contributed by atoms with van der Waals surface area (Å²) < 4.78 is 78.5. The van der Waals surface area contributed by atoms with Gasteiger partial charge in [-0.1, -0.05) is 6.07 Å². The number of benzene rings is 1. The quantitative estimate of drug-likeness (QED) is 0.400. The molecular formula is C20H14F6N6O. The van der Waals surface area contributed by atoms with Gasteiger partial charge in [0.1, 0.15) is 23.7 Å². The summed E-state index contributed by atoms with van der Waals surface area (Å²) in [5.74, 6) is -0.455. The Balaban J connectivity index is 1.48. The van der Waals surface area contributed by atoms with Gasteiger partial charge in [0.15, 0.2) is 5.69 Å². The zero-order valence-corrected chi connectivity index (χ0v) is 16.4. The van der Waals surface area contributed by atoms with Gasteiger partial charge in [0.05, 0.1) is 0 Å². The second kappa shape index (κ2) is 8.15. The third-order valence-corrected chi connectivity index (χ3v) is 4.48. The van der Waals surface area contributed by atoms with E-state index in [1.165, 1.54) is 22.6 Å². The number of fused-ring (bicyclic) bond motifs is 1. The number of hydrogen-bond donors (Lipinski definition) is 2. The number of carbonyl (C=O) groups is 1. The number of carbonyl (C=O) groups excluding carboxylic acids is 1. The lowest BCUT2D eigenvalue weighted by atomic mass is 10.2. The van der Waals surface area contributed by atoms with Crippen LogP contribution in [0.2, 0.25) is 0 Å². The summed E-state index contributed by atoms with van der Waals surface area (Å²) >= 11 is 0. The van der Waals surface area contributed by atoms with Gasteiger partial charge in [0.2, 0.25) is 0 Å². The second-order valence-electron chi connectivity index (χ2n) is 6.91. The standard InChI is InChI=1S/C20H14F6N6O/c21-19(22,23)11-32-14(8-9-27-32)18(33)29-13-6-4-12(5-7-13)28-16-2-1-3-17-30-15(10-31(16)17)20(24,25)26/h1-10,28H,11H2,(H,29,33). The van der Waals surface area contributed by atoms with Crippen molar-refractivity contribution in [3.05, 3.63) is 72.3 Å². The maximum absolute atomic E-state index is 12.9. The number of imidazole rings is 1. The summed E-state index contributed by atoms with van der Waals surface area (Å²) in [7, 11) is 0. The number of alkyl halides is 6. The van der Waals surface area contributed by atoms with E-state index in [9.17, 15) is 31.1 Å². The minimum atomic E-state index is -4.58. The molecule has 0 atom stereocenters. The fourth-order valence-electron chi connectivity index (χ4n) is 3.05. The molecule has 7 nitrogen and oxygen atoms in total. The molecule has 0 fully saturated rings. The first-order valence-corrected chi connectivity index (χ1v) is 9.32. The molecule has 0 unspecified atom stereocenters. The van der Waals surface area contributed by atoms with Crippen molar-refractivity contribution < 1.29 is 31.1 Å². The lowest BCUT2D eigenvalue weighted by Crippen LogP contribution is -2.24. The Morgan fingerprint density at radius 1 is 0.939 bits per heavy atom. The minimum Gasteiger partial charge on any atom is -0.341 e. The molecular weight excluding hydrogens is 454 g/mol. The molecule has 0 aliphatic carbocycles. The highest BCUT2D eigenvalue weighted by atomic mass is 19.4. The third kappa shape index (κ3) is 5.07. The van der Waals surface area contributed by atoms with Gasteiger partial charge in [-0.15, -0.1) is 0 Å². The van der Waals surface area contributed by atoms with Crippen LogP contribution in [-0.2, 0) is 12.7 Å². The van der Waals surface area contributed by atoms with E-state index in [0.29, 0.717) is 21.9 Å². The highest BCUT2D eigenvalue weighted by Gasteiger charge is 2.34. The van der Waals surface area contributed by atoms with E-state index in [4.69, 9.17) is 0 Å². The molecule has 0 radical (unpaired) electrons. The third-order valence-electron chi connectivity index (χ3n) is 4.48. The second-order valence-corrected chi connectivity index (χ2v) is 6.91. The van der Waals surface area contributed by atoms with Crippen LogP contribution in [0, 0.1) is 0 Å². The zero-order valence-electron chi connectivity index (χ0n) is 16.4. The summed E-state index contributed by atoms with van der Waals surface area (Å²) in [6, 6.07) is 11.8. The van der Waals surface area contributed by atoms with Gasteiger partial charge in [-0.3, -0.25) is 13.9 Å². The van der Waals surface area contributed by atoms with Crippen LogP contribution in [-0.4, -0.2) is 31.2 Å². The molecule has 1 aromatic carbocycles. The molecule has 3 aromatic heterocycles. The topological polar surface area (TPSA) is 76.2 Å². The number of amides is 1. The van der Waals surface area contributed by atoms with Crippen LogP contribution >= 0.6 is 0 Å². The van der Waals surface area contributed by atoms with Crippen molar-refractivity contribution >= 4 is 28.7 Å². The van der Waals surface area contributed by atoms with Gasteiger partial charge >= 0.3 is 12.4 Å². The Labute approximate surface area is 181 Å². The lowest BCUT2D eigenvalue weighted by molar-refractivity contribution is -0.143. The summed E-state index contributed by atoms with van der Waals surface area (Å²) in [4.78, 5) is 15.9. The SMILES string of the molecule is O=C(Nc1ccc(Nc2cccc3nc(C(F)(F)F)cn23)cc1)c1ccnn1CC(F)(F)F. The molecule has 4 aromatic rings. The molecule has 2 N–H and O–H groups in total. The van der Waals surface area contributed by atoms with Crippen LogP contribution in [0.15, 0.2) is 60.9 Å². The number of pyridine rings is 1. The fourth-order valence-corrected chi connectivity index (χ4v) is 3.05. The van der Waals surface area contributed by atoms with Gasteiger partial charge in [0.25, 0.3) is 5.91 Å². The highest BCUT2D eigenvalue weighted by molar-refractivity contribution is 6.03. The largest absolute Gasteiger partial charge is 0.434 e. The number of anilines is 3. The lowest BCUT2D eigenvalue weighted by Gasteiger charge is -2.12. The van der Waals surface area contributed by atoms with Crippen molar-refractivity contribution in [3.63, 3.8) is 0 Å². The van der Waals surface area contributed by atoms with E-state index in [2.05, 4.69) is 20.7 Å². The number of rotatable bonds is 5. The molecule has 0 bridgehead atoms. The predicted octanol–water partition coefficient (Wildman–Crippen LogP) is 5.11. The summed E-state index contributed by atoms with van der Waals surface area (Å²) in [5, 5.41) is 8.95. The zero-order chi connectivity index (χ0) is 23.8. The minimum absolute atomic E-state index is 0.103. The summed E-state index contributed by atoms with van der Waals surface area (Å²) in [6.07, 6.45) is -7.16. The Morgan fingerprint density at radius 3 is 2.30 bits per heavy atom. The molecule has 0 saturated carbocycles. The molecule has 13 heteroatoms. The van der Waals surface area contributed by atoms with E-state index in [1.807, 2.05) is 0 Å². The summed E-state index contributed by atoms with van der Waals surface area (Å²) in [6.45, 7) is -1.40. The van der Waals surface area contributed by atoms with Crippen LogP contribution in [0.1, 0.15) is 16.2 Å². The normalized spacial score (nSPS) is 12.2. The van der Waals surface area contributed by atoms with E-state index in [1.54, 1.807) is 24.3 Å². The van der Waals surface area contributed by atoms with E-state index < -0.39 is 30.5 Å². The van der Waals surface area contributed by atoms with Crippen LogP contribution in [0.4, 0.5) is 43.5 Å². The number of aromatic nitrogens is 4. The number of hydrogen-bond acceptors (Lipinski definition) is 4. The molecule has 0 aliphatic heterocycles. The number of nitrogens with zero attached hydrogens (tertiary/aromatic N) is 4. The number of nitrogens with one attached hydrogen (secondary N) is 2. The highest BCUT2D eigenvalue weighted by Crippen LogP contribution is 2.30.